The van der Waals surface area contributed by atoms with Gasteiger partial charge >= 0.3 is 17.9 Å². The van der Waals surface area contributed by atoms with Crippen LogP contribution in [0.1, 0.15) is 258 Å². The second kappa shape index (κ2) is 47.3. The van der Waals surface area contributed by atoms with Crippen LogP contribution >= 0.6 is 0 Å². The van der Waals surface area contributed by atoms with Crippen molar-refractivity contribution in [3.8, 4) is 0 Å². The summed E-state index contributed by atoms with van der Waals surface area (Å²) in [5, 5.41) is 0. The third kappa shape index (κ3) is 44.7. The lowest BCUT2D eigenvalue weighted by atomic mass is 10.0. The molecule has 0 saturated carbocycles. The molecule has 6 nitrogen and oxygen atoms in total. The number of esters is 3. The third-order valence-electron chi connectivity index (χ3n) is 10.9. The number of ether oxygens (including phenoxy) is 3. The molecule has 0 aromatic carbocycles. The Balaban J connectivity index is 4.34. The molecule has 0 saturated heterocycles. The first kappa shape index (κ1) is 55.6. The Labute approximate surface area is 359 Å². The molecular formula is C52H94O6. The second-order valence-corrected chi connectivity index (χ2v) is 16.7. The Morgan fingerprint density at radius 1 is 0.362 bits per heavy atom. The zero-order valence-electron chi connectivity index (χ0n) is 38.6. The van der Waals surface area contributed by atoms with Crippen LogP contribution < -0.4 is 0 Å². The second-order valence-electron chi connectivity index (χ2n) is 16.7. The molecule has 1 atom stereocenters. The van der Waals surface area contributed by atoms with E-state index < -0.39 is 6.10 Å². The summed E-state index contributed by atoms with van der Waals surface area (Å²) < 4.78 is 16.7. The number of hydrogen-bond donors (Lipinski definition) is 0. The minimum atomic E-state index is -0.777. The van der Waals surface area contributed by atoms with E-state index in [9.17, 15) is 14.4 Å². The molecule has 0 rings (SSSR count). The maximum absolute atomic E-state index is 12.7. The average molecular weight is 815 g/mol. The normalized spacial score (nSPS) is 12.3. The van der Waals surface area contributed by atoms with E-state index in [1.165, 1.54) is 128 Å². The predicted molar refractivity (Wildman–Crippen MR) is 247 cm³/mol. The van der Waals surface area contributed by atoms with Gasteiger partial charge in [-0.05, 0) is 51.4 Å². The van der Waals surface area contributed by atoms with Gasteiger partial charge in [-0.3, -0.25) is 14.4 Å². The van der Waals surface area contributed by atoms with Gasteiger partial charge in [-0.1, -0.05) is 224 Å². The molecule has 0 aliphatic rings. The van der Waals surface area contributed by atoms with E-state index in [4.69, 9.17) is 14.2 Å². The molecule has 0 amide bonds. The van der Waals surface area contributed by atoms with Crippen molar-refractivity contribution in [1.82, 2.24) is 0 Å². The Morgan fingerprint density at radius 3 is 1.05 bits per heavy atom. The molecule has 0 spiro atoms. The first-order valence-corrected chi connectivity index (χ1v) is 25.0. The van der Waals surface area contributed by atoms with Crippen LogP contribution in [0, 0.1) is 0 Å². The molecule has 58 heavy (non-hydrogen) atoms. The lowest BCUT2D eigenvalue weighted by Crippen LogP contribution is -2.30. The van der Waals surface area contributed by atoms with Crippen molar-refractivity contribution in [3.05, 3.63) is 36.5 Å². The van der Waals surface area contributed by atoms with Crippen LogP contribution in [0.15, 0.2) is 36.5 Å². The molecule has 338 valence electrons. The van der Waals surface area contributed by atoms with Gasteiger partial charge in [-0.2, -0.15) is 0 Å². The SMILES string of the molecule is CC/C=C\C/C=C\C/C=C\CCCCCCC(=O)OC(COC(=O)CCCCCCCCCCCC)COC(=O)CCCCCCCCCCCCCCCCCC. The maximum atomic E-state index is 12.7. The number of rotatable bonds is 45. The minimum absolute atomic E-state index is 0.0775. The molecule has 0 aromatic rings. The molecule has 0 fully saturated rings. The first-order chi connectivity index (χ1) is 28.5. The highest BCUT2D eigenvalue weighted by molar-refractivity contribution is 5.71. The van der Waals surface area contributed by atoms with E-state index in [1.807, 2.05) is 0 Å². The zero-order valence-corrected chi connectivity index (χ0v) is 38.6. The number of unbranched alkanes of at least 4 members (excludes halogenated alkanes) is 28. The molecule has 0 radical (unpaired) electrons. The van der Waals surface area contributed by atoms with E-state index in [1.54, 1.807) is 0 Å². The van der Waals surface area contributed by atoms with Gasteiger partial charge in [0.15, 0.2) is 6.10 Å². The Hall–Kier alpha value is -2.37. The molecule has 0 bridgehead atoms. The summed E-state index contributed by atoms with van der Waals surface area (Å²) in [6, 6.07) is 0. The lowest BCUT2D eigenvalue weighted by Gasteiger charge is -2.18. The number of hydrogen-bond acceptors (Lipinski definition) is 6. The first-order valence-electron chi connectivity index (χ1n) is 25.0. The fourth-order valence-corrected chi connectivity index (χ4v) is 7.16. The van der Waals surface area contributed by atoms with E-state index in [-0.39, 0.29) is 31.1 Å². The van der Waals surface area contributed by atoms with Gasteiger partial charge < -0.3 is 14.2 Å². The molecule has 6 heteroatoms. The van der Waals surface area contributed by atoms with Crippen molar-refractivity contribution in [2.24, 2.45) is 0 Å². The maximum Gasteiger partial charge on any atom is 0.306 e. The van der Waals surface area contributed by atoms with Crippen molar-refractivity contribution < 1.29 is 28.6 Å². The van der Waals surface area contributed by atoms with Gasteiger partial charge in [0.2, 0.25) is 0 Å². The smallest absolute Gasteiger partial charge is 0.306 e. The van der Waals surface area contributed by atoms with E-state index in [2.05, 4.69) is 57.2 Å². The number of allylic oxidation sites excluding steroid dienone is 6. The fraction of sp³-hybridized carbons (Fsp3) is 0.827. The molecule has 0 aromatic heterocycles. The molecule has 0 heterocycles. The highest BCUT2D eigenvalue weighted by Gasteiger charge is 2.19. The Kier molecular flexibility index (Phi) is 45.4. The summed E-state index contributed by atoms with van der Waals surface area (Å²) in [4.78, 5) is 37.8. The van der Waals surface area contributed by atoms with Gasteiger partial charge in [0.05, 0.1) is 0 Å². The van der Waals surface area contributed by atoms with Gasteiger partial charge in [0, 0.05) is 19.3 Å². The van der Waals surface area contributed by atoms with Crippen LogP contribution in [0.4, 0.5) is 0 Å². The minimum Gasteiger partial charge on any atom is -0.462 e. The third-order valence-corrected chi connectivity index (χ3v) is 10.9. The largest absolute Gasteiger partial charge is 0.462 e. The summed E-state index contributed by atoms with van der Waals surface area (Å²) in [7, 11) is 0. The predicted octanol–water partition coefficient (Wildman–Crippen LogP) is 16.1. The van der Waals surface area contributed by atoms with Crippen molar-refractivity contribution >= 4 is 17.9 Å². The molecule has 0 N–H and O–H groups in total. The van der Waals surface area contributed by atoms with Crippen molar-refractivity contribution in [2.45, 2.75) is 264 Å². The summed E-state index contributed by atoms with van der Waals surface area (Å²) >= 11 is 0. The standard InChI is InChI=1S/C52H94O6/c1-4-7-10-13-16-19-22-24-26-27-29-30-33-36-39-42-45-51(54)57-48-49(47-56-50(53)44-41-38-35-32-21-18-15-12-9-6-3)58-52(55)46-43-40-37-34-31-28-25-23-20-17-14-11-8-5-2/h8,11,17,20,25,28,49H,4-7,9-10,12-16,18-19,21-24,26-27,29-48H2,1-3H3/b11-8-,20-17-,28-25-. The van der Waals surface area contributed by atoms with E-state index >= 15 is 0 Å². The summed E-state index contributed by atoms with van der Waals surface area (Å²) in [5.74, 6) is -0.892. The van der Waals surface area contributed by atoms with Gasteiger partial charge in [0.25, 0.3) is 0 Å². The van der Waals surface area contributed by atoms with Crippen LogP contribution in [0.2, 0.25) is 0 Å². The fourth-order valence-electron chi connectivity index (χ4n) is 7.16. The quantitative estimate of drug-likeness (QED) is 0.0264. The van der Waals surface area contributed by atoms with Crippen LogP contribution in [-0.4, -0.2) is 37.2 Å². The highest BCUT2D eigenvalue weighted by atomic mass is 16.6. The molecule has 0 aliphatic heterocycles. The molecule has 0 aliphatic carbocycles. The van der Waals surface area contributed by atoms with Crippen molar-refractivity contribution in [2.75, 3.05) is 13.2 Å². The van der Waals surface area contributed by atoms with Crippen LogP contribution in [0.3, 0.4) is 0 Å². The van der Waals surface area contributed by atoms with Crippen LogP contribution in [0.25, 0.3) is 0 Å². The highest BCUT2D eigenvalue weighted by Crippen LogP contribution is 2.16. The van der Waals surface area contributed by atoms with Crippen LogP contribution in [-0.2, 0) is 28.6 Å². The Morgan fingerprint density at radius 2 is 0.672 bits per heavy atom. The van der Waals surface area contributed by atoms with Crippen molar-refractivity contribution in [1.29, 1.82) is 0 Å². The number of carbonyl (C=O) groups is 3. The lowest BCUT2D eigenvalue weighted by molar-refractivity contribution is -0.167. The zero-order chi connectivity index (χ0) is 42.3. The summed E-state index contributed by atoms with van der Waals surface area (Å²) in [5.41, 5.74) is 0. The summed E-state index contributed by atoms with van der Waals surface area (Å²) in [6.45, 7) is 6.51. The molecular weight excluding hydrogens is 721 g/mol. The van der Waals surface area contributed by atoms with Gasteiger partial charge in [0.1, 0.15) is 13.2 Å². The van der Waals surface area contributed by atoms with Gasteiger partial charge in [-0.25, -0.2) is 0 Å². The van der Waals surface area contributed by atoms with E-state index in [0.29, 0.717) is 19.3 Å². The molecule has 1 unspecified atom stereocenters. The average Bonchev–Trinajstić information content (AvgIpc) is 3.22. The Bertz CT molecular complexity index is 984. The van der Waals surface area contributed by atoms with Crippen molar-refractivity contribution in [3.63, 3.8) is 0 Å². The van der Waals surface area contributed by atoms with Gasteiger partial charge in [-0.15, -0.1) is 0 Å². The van der Waals surface area contributed by atoms with Crippen LogP contribution in [0.5, 0.6) is 0 Å². The topological polar surface area (TPSA) is 78.9 Å². The van der Waals surface area contributed by atoms with E-state index in [0.717, 1.165) is 89.9 Å². The monoisotopic (exact) mass is 815 g/mol. The number of carbonyl (C=O) groups excluding carboxylic acids is 3. The summed E-state index contributed by atoms with van der Waals surface area (Å²) in [6.07, 6.45) is 54.1.